The normalized spacial score (nSPS) is 12.4. The molecule has 0 unspecified atom stereocenters. The molecule has 5 nitrogen and oxygen atoms in total. The largest absolute Gasteiger partial charge is 0.435 e. The maximum absolute atomic E-state index is 13.5. The first-order valence-electron chi connectivity index (χ1n) is 10.5. The van der Waals surface area contributed by atoms with Crippen LogP contribution in [0.5, 0.6) is 11.6 Å². The van der Waals surface area contributed by atoms with E-state index in [0.29, 0.717) is 17.3 Å². The maximum atomic E-state index is 13.5. The third kappa shape index (κ3) is 6.30. The lowest BCUT2D eigenvalue weighted by Crippen LogP contribution is -2.42. The Morgan fingerprint density at radius 1 is 0.973 bits per heavy atom. The first-order chi connectivity index (χ1) is 17.1. The number of carbonyl (C=O) groups excluding carboxylic acids is 1. The van der Waals surface area contributed by atoms with Crippen LogP contribution in [0.1, 0.15) is 30.5 Å². The van der Waals surface area contributed by atoms with Crippen LogP contribution in [0.15, 0.2) is 53.8 Å². The fourth-order valence-electron chi connectivity index (χ4n) is 3.35. The molecule has 0 bridgehead atoms. The van der Waals surface area contributed by atoms with Gasteiger partial charge >= 0.3 is 12.4 Å². The lowest BCUT2D eigenvalue weighted by Gasteiger charge is -2.31. The third-order valence-electron chi connectivity index (χ3n) is 5.45. The van der Waals surface area contributed by atoms with E-state index in [9.17, 15) is 31.1 Å². The van der Waals surface area contributed by atoms with E-state index in [-0.39, 0.29) is 28.4 Å². The Morgan fingerprint density at radius 3 is 2.03 bits per heavy atom. The number of anilines is 1. The van der Waals surface area contributed by atoms with Gasteiger partial charge in [-0.3, -0.25) is 4.79 Å². The maximum Gasteiger partial charge on any atom is 0.416 e. The first-order valence-corrected chi connectivity index (χ1v) is 12.1. The number of thioether (sulfide) groups is 1. The van der Waals surface area contributed by atoms with E-state index in [1.807, 2.05) is 0 Å². The fourth-order valence-corrected chi connectivity index (χ4v) is 3.85. The molecule has 13 heteroatoms. The van der Waals surface area contributed by atoms with Crippen molar-refractivity contribution in [3.8, 4) is 11.6 Å². The highest BCUT2D eigenvalue weighted by atomic mass is 35.5. The Labute approximate surface area is 217 Å². The minimum atomic E-state index is -5.06. The molecule has 0 fully saturated rings. The molecule has 0 atom stereocenters. The Hall–Kier alpha value is -2.99. The average Bonchev–Trinajstić information content (AvgIpc) is 2.83. The highest BCUT2D eigenvalue weighted by Gasteiger charge is 2.41. The van der Waals surface area contributed by atoms with Crippen molar-refractivity contribution in [2.45, 2.75) is 36.8 Å². The molecular formula is C24H20ClF6N3O2S. The van der Waals surface area contributed by atoms with Crippen molar-refractivity contribution in [1.29, 1.82) is 0 Å². The molecule has 2 aromatic carbocycles. The number of benzene rings is 2. The molecule has 1 aromatic heterocycles. The lowest BCUT2D eigenvalue weighted by atomic mass is 9.81. The second-order valence-electron chi connectivity index (χ2n) is 8.36. The minimum Gasteiger partial charge on any atom is -0.435 e. The van der Waals surface area contributed by atoms with Gasteiger partial charge in [0.05, 0.1) is 27.8 Å². The third-order valence-corrected chi connectivity index (χ3v) is 6.32. The molecule has 0 saturated heterocycles. The number of hydrogen-bond donors (Lipinski definition) is 0. The molecule has 1 heterocycles. The van der Waals surface area contributed by atoms with Crippen LogP contribution in [0.4, 0.5) is 32.0 Å². The summed E-state index contributed by atoms with van der Waals surface area (Å²) in [6.45, 7) is 2.46. The zero-order valence-electron chi connectivity index (χ0n) is 19.8. The van der Waals surface area contributed by atoms with Gasteiger partial charge in [-0.1, -0.05) is 35.5 Å². The molecule has 0 spiro atoms. The van der Waals surface area contributed by atoms with Crippen LogP contribution in [0, 0.1) is 0 Å². The van der Waals surface area contributed by atoms with Crippen molar-refractivity contribution >= 4 is 35.0 Å². The molecule has 3 aromatic rings. The van der Waals surface area contributed by atoms with Gasteiger partial charge in [-0.2, -0.15) is 31.3 Å². The van der Waals surface area contributed by atoms with Crippen LogP contribution in [0.3, 0.4) is 0 Å². The summed E-state index contributed by atoms with van der Waals surface area (Å²) in [5, 5.41) is 0.536. The van der Waals surface area contributed by atoms with Crippen LogP contribution < -0.4 is 9.64 Å². The molecule has 0 aliphatic rings. The van der Waals surface area contributed by atoms with Gasteiger partial charge in [0, 0.05) is 7.05 Å². The molecule has 198 valence electrons. The Kier molecular flexibility index (Phi) is 8.04. The van der Waals surface area contributed by atoms with Crippen LogP contribution in [0.25, 0.3) is 0 Å². The summed E-state index contributed by atoms with van der Waals surface area (Å²) in [4.78, 5) is 22.9. The first kappa shape index (κ1) is 28.6. The number of aromatic nitrogens is 2. The van der Waals surface area contributed by atoms with Crippen LogP contribution >= 0.6 is 23.4 Å². The average molecular weight is 564 g/mol. The van der Waals surface area contributed by atoms with Gasteiger partial charge in [-0.15, -0.1) is 0 Å². The number of ether oxygens (including phenoxy) is 1. The number of amides is 1. The SMILES string of the molecule is CSc1ncc(N(C)C(=O)C(C)(C)c2cc(C(F)(F)F)cc(C(F)(F)F)c2)c(Oc2ccccc2Cl)n1. The van der Waals surface area contributed by atoms with E-state index in [2.05, 4.69) is 9.97 Å². The molecule has 1 amide bonds. The van der Waals surface area contributed by atoms with E-state index in [0.717, 1.165) is 4.90 Å². The number of carbonyl (C=O) groups is 1. The fraction of sp³-hybridized carbons (Fsp3) is 0.292. The lowest BCUT2D eigenvalue weighted by molar-refractivity contribution is -0.143. The second kappa shape index (κ2) is 10.4. The van der Waals surface area contributed by atoms with E-state index in [1.54, 1.807) is 30.5 Å². The van der Waals surface area contributed by atoms with Crippen molar-refractivity contribution in [3.63, 3.8) is 0 Å². The summed E-state index contributed by atoms with van der Waals surface area (Å²) in [6.07, 6.45) is -7.14. The number of rotatable bonds is 6. The van der Waals surface area contributed by atoms with Crippen molar-refractivity contribution in [1.82, 2.24) is 9.97 Å². The number of nitrogens with zero attached hydrogens (tertiary/aromatic N) is 3. The Bertz CT molecular complexity index is 1280. The van der Waals surface area contributed by atoms with Crippen molar-refractivity contribution in [2.75, 3.05) is 18.2 Å². The highest BCUT2D eigenvalue weighted by molar-refractivity contribution is 7.98. The van der Waals surface area contributed by atoms with E-state index in [1.165, 1.54) is 38.9 Å². The predicted molar refractivity (Wildman–Crippen MR) is 128 cm³/mol. The summed E-state index contributed by atoms with van der Waals surface area (Å²) in [5.41, 5.74) is -5.30. The van der Waals surface area contributed by atoms with E-state index in [4.69, 9.17) is 16.3 Å². The molecule has 0 N–H and O–H groups in total. The van der Waals surface area contributed by atoms with Crippen molar-refractivity contribution < 1.29 is 35.9 Å². The van der Waals surface area contributed by atoms with E-state index >= 15 is 0 Å². The van der Waals surface area contributed by atoms with Gasteiger partial charge in [0.15, 0.2) is 5.16 Å². The molecular weight excluding hydrogens is 544 g/mol. The van der Waals surface area contributed by atoms with Crippen molar-refractivity contribution in [3.05, 3.63) is 70.4 Å². The predicted octanol–water partition coefficient (Wildman–Crippen LogP) is 7.62. The summed E-state index contributed by atoms with van der Waals surface area (Å²) in [6, 6.07) is 7.54. The van der Waals surface area contributed by atoms with Crippen LogP contribution in [0.2, 0.25) is 5.02 Å². The Balaban J connectivity index is 2.08. The number of hydrogen-bond acceptors (Lipinski definition) is 5. The monoisotopic (exact) mass is 563 g/mol. The topological polar surface area (TPSA) is 55.3 Å². The molecule has 0 aliphatic heterocycles. The molecule has 0 aliphatic carbocycles. The number of halogens is 7. The molecule has 0 radical (unpaired) electrons. The molecule has 3 rings (SSSR count). The summed E-state index contributed by atoms with van der Waals surface area (Å²) in [7, 11) is 1.29. The van der Waals surface area contributed by atoms with Gasteiger partial charge in [-0.05, 0) is 56.0 Å². The van der Waals surface area contributed by atoms with Gasteiger partial charge < -0.3 is 9.64 Å². The second-order valence-corrected chi connectivity index (χ2v) is 9.54. The smallest absolute Gasteiger partial charge is 0.416 e. The zero-order chi connectivity index (χ0) is 27.8. The van der Waals surface area contributed by atoms with Crippen molar-refractivity contribution in [2.24, 2.45) is 0 Å². The van der Waals surface area contributed by atoms with Crippen LogP contribution in [-0.2, 0) is 22.6 Å². The molecule has 0 saturated carbocycles. The number of para-hydroxylation sites is 1. The number of alkyl halides is 6. The highest BCUT2D eigenvalue weighted by Crippen LogP contribution is 2.41. The standard InChI is InChI=1S/C24H20ClF6N3O2S/c1-22(2,13-9-14(23(26,27)28)11-15(10-13)24(29,30)31)20(35)34(3)17-12-32-21(37-4)33-19(17)36-18-8-6-5-7-16(18)25/h5-12H,1-4H3. The quantitative estimate of drug-likeness (QED) is 0.175. The minimum absolute atomic E-state index is 0.0122. The number of likely N-dealkylation sites (N-methyl/N-ethyl adjacent to an activating group) is 1. The van der Waals surface area contributed by atoms with E-state index < -0.39 is 40.4 Å². The summed E-state index contributed by atoms with van der Waals surface area (Å²) < 4.78 is 86.2. The van der Waals surface area contributed by atoms with Gasteiger partial charge in [0.25, 0.3) is 0 Å². The summed E-state index contributed by atoms with van der Waals surface area (Å²) >= 11 is 7.35. The van der Waals surface area contributed by atoms with Gasteiger partial charge in [-0.25, -0.2) is 4.98 Å². The van der Waals surface area contributed by atoms with Gasteiger partial charge in [0.1, 0.15) is 11.4 Å². The zero-order valence-corrected chi connectivity index (χ0v) is 21.4. The molecule has 37 heavy (non-hydrogen) atoms. The Morgan fingerprint density at radius 2 is 1.51 bits per heavy atom. The van der Waals surface area contributed by atoms with Gasteiger partial charge in [0.2, 0.25) is 11.8 Å². The summed E-state index contributed by atoms with van der Waals surface area (Å²) in [5.74, 6) is -0.701. The van der Waals surface area contributed by atoms with Crippen LogP contribution in [-0.4, -0.2) is 29.2 Å².